The van der Waals surface area contributed by atoms with Crippen LogP contribution in [0.25, 0.3) is 0 Å². The van der Waals surface area contributed by atoms with Crippen molar-refractivity contribution >= 4 is 38.6 Å². The summed E-state index contributed by atoms with van der Waals surface area (Å²) in [4.78, 5) is 20.6. The maximum absolute atomic E-state index is 12.6. The van der Waals surface area contributed by atoms with Gasteiger partial charge in [0, 0.05) is 29.3 Å². The smallest absolute Gasteiger partial charge is 0.321 e. The molecule has 2 aromatic heterocycles. The van der Waals surface area contributed by atoms with E-state index in [1.54, 1.807) is 72.4 Å². The summed E-state index contributed by atoms with van der Waals surface area (Å²) >= 11 is 1.12. The summed E-state index contributed by atoms with van der Waals surface area (Å²) in [5.74, 6) is 0.145. The van der Waals surface area contributed by atoms with E-state index in [4.69, 9.17) is 4.74 Å². The molecule has 10 heteroatoms. The third kappa shape index (κ3) is 5.24. The first-order valence-electron chi connectivity index (χ1n) is 9.02. The lowest BCUT2D eigenvalue weighted by atomic mass is 10.2. The van der Waals surface area contributed by atoms with Crippen LogP contribution in [0.4, 0.5) is 11.4 Å². The third-order valence-electron chi connectivity index (χ3n) is 4.00. The molecule has 0 saturated carbocycles. The maximum atomic E-state index is 12.6. The number of ether oxygens (including phenoxy) is 1. The Kier molecular flexibility index (Phi) is 5.92. The molecule has 0 unspecified atom stereocenters. The van der Waals surface area contributed by atoms with Crippen LogP contribution in [0.5, 0.6) is 11.8 Å². The molecule has 156 valence electrons. The average molecular weight is 453 g/mol. The maximum Gasteiger partial charge on any atom is 0.321 e. The number of rotatable bonds is 7. The normalized spacial score (nSPS) is 11.0. The van der Waals surface area contributed by atoms with Crippen LogP contribution in [-0.4, -0.2) is 24.3 Å². The fraction of sp³-hybridized carbons (Fsp3) is 0. The SMILES string of the molecule is O=C(Nc1ccc(Oc2ncccn2)cc1)c1cccc(NS(=O)(=O)c2cccs2)c1. The Balaban J connectivity index is 1.42. The predicted octanol–water partition coefficient (Wildman–Crippen LogP) is 4.38. The van der Waals surface area contributed by atoms with Crippen molar-refractivity contribution in [3.8, 4) is 11.8 Å². The van der Waals surface area contributed by atoms with Gasteiger partial charge >= 0.3 is 6.01 Å². The van der Waals surface area contributed by atoms with Crippen molar-refractivity contribution in [2.75, 3.05) is 10.0 Å². The Morgan fingerprint density at radius 2 is 1.68 bits per heavy atom. The van der Waals surface area contributed by atoms with Gasteiger partial charge in [0.1, 0.15) is 9.96 Å². The van der Waals surface area contributed by atoms with E-state index in [0.717, 1.165) is 11.3 Å². The van der Waals surface area contributed by atoms with Crippen molar-refractivity contribution in [3.05, 3.63) is 90.1 Å². The highest BCUT2D eigenvalue weighted by molar-refractivity contribution is 7.94. The number of carbonyl (C=O) groups excluding carboxylic acids is 1. The number of sulfonamides is 1. The molecule has 0 fully saturated rings. The molecule has 0 aliphatic heterocycles. The summed E-state index contributed by atoms with van der Waals surface area (Å²) in [7, 11) is -3.69. The molecule has 2 heterocycles. The number of anilines is 2. The fourth-order valence-electron chi connectivity index (χ4n) is 2.60. The van der Waals surface area contributed by atoms with Crippen LogP contribution < -0.4 is 14.8 Å². The zero-order chi connectivity index (χ0) is 21.7. The van der Waals surface area contributed by atoms with Crippen molar-refractivity contribution in [3.63, 3.8) is 0 Å². The predicted molar refractivity (Wildman–Crippen MR) is 118 cm³/mol. The third-order valence-corrected chi connectivity index (χ3v) is 6.78. The van der Waals surface area contributed by atoms with Crippen molar-refractivity contribution in [1.82, 2.24) is 9.97 Å². The van der Waals surface area contributed by atoms with E-state index >= 15 is 0 Å². The van der Waals surface area contributed by atoms with E-state index in [0.29, 0.717) is 22.7 Å². The van der Waals surface area contributed by atoms with E-state index in [9.17, 15) is 13.2 Å². The van der Waals surface area contributed by atoms with Crippen LogP contribution in [0.15, 0.2) is 88.7 Å². The molecule has 2 aromatic carbocycles. The molecular formula is C21H16N4O4S2. The molecule has 0 aliphatic rings. The van der Waals surface area contributed by atoms with Crippen LogP contribution >= 0.6 is 11.3 Å². The summed E-state index contributed by atoms with van der Waals surface area (Å²) in [5.41, 5.74) is 1.16. The molecule has 4 rings (SSSR count). The van der Waals surface area contributed by atoms with Crippen LogP contribution in [0, 0.1) is 0 Å². The molecule has 0 saturated heterocycles. The van der Waals surface area contributed by atoms with Gasteiger partial charge in [0.2, 0.25) is 0 Å². The first-order valence-corrected chi connectivity index (χ1v) is 11.4. The Morgan fingerprint density at radius 3 is 2.39 bits per heavy atom. The Morgan fingerprint density at radius 1 is 0.903 bits per heavy atom. The van der Waals surface area contributed by atoms with E-state index in [2.05, 4.69) is 20.0 Å². The molecule has 4 aromatic rings. The van der Waals surface area contributed by atoms with Gasteiger partial charge in [-0.2, -0.15) is 0 Å². The van der Waals surface area contributed by atoms with Gasteiger partial charge in [0.15, 0.2) is 0 Å². The lowest BCUT2D eigenvalue weighted by molar-refractivity contribution is 0.102. The number of hydrogen-bond acceptors (Lipinski definition) is 7. The van der Waals surface area contributed by atoms with Gasteiger partial charge in [-0.25, -0.2) is 18.4 Å². The van der Waals surface area contributed by atoms with Crippen molar-refractivity contribution in [2.24, 2.45) is 0 Å². The van der Waals surface area contributed by atoms with Gasteiger partial charge in [-0.3, -0.25) is 9.52 Å². The molecule has 8 nitrogen and oxygen atoms in total. The van der Waals surface area contributed by atoms with E-state index in [-0.39, 0.29) is 16.1 Å². The first kappa shape index (κ1) is 20.5. The van der Waals surface area contributed by atoms with Crippen LogP contribution in [-0.2, 0) is 10.0 Å². The summed E-state index contributed by atoms with van der Waals surface area (Å²) < 4.78 is 33.0. The monoisotopic (exact) mass is 452 g/mol. The largest absolute Gasteiger partial charge is 0.424 e. The van der Waals surface area contributed by atoms with Gasteiger partial charge < -0.3 is 10.1 Å². The van der Waals surface area contributed by atoms with Gasteiger partial charge in [0.05, 0.1) is 0 Å². The molecule has 0 bridgehead atoms. The Bertz CT molecular complexity index is 1280. The van der Waals surface area contributed by atoms with Crippen molar-refractivity contribution in [2.45, 2.75) is 4.21 Å². The van der Waals surface area contributed by atoms with Crippen molar-refractivity contribution in [1.29, 1.82) is 0 Å². The second-order valence-electron chi connectivity index (χ2n) is 6.23. The number of aromatic nitrogens is 2. The van der Waals surface area contributed by atoms with Gasteiger partial charge in [-0.1, -0.05) is 12.1 Å². The highest BCUT2D eigenvalue weighted by atomic mass is 32.2. The lowest BCUT2D eigenvalue weighted by Crippen LogP contribution is -2.14. The minimum atomic E-state index is -3.69. The molecule has 0 radical (unpaired) electrons. The molecule has 2 N–H and O–H groups in total. The summed E-state index contributed by atoms with van der Waals surface area (Å²) in [6.45, 7) is 0. The van der Waals surface area contributed by atoms with Crippen LogP contribution in [0.2, 0.25) is 0 Å². The number of nitrogens with one attached hydrogen (secondary N) is 2. The first-order chi connectivity index (χ1) is 15.0. The minimum Gasteiger partial charge on any atom is -0.424 e. The standard InChI is InChI=1S/C21H16N4O4S2/c26-20(24-16-7-9-18(10-8-16)29-21-22-11-3-12-23-21)15-4-1-5-17(14-15)25-31(27,28)19-6-2-13-30-19/h1-14,25H,(H,24,26). The molecule has 0 aliphatic carbocycles. The zero-order valence-electron chi connectivity index (χ0n) is 15.9. The van der Waals surface area contributed by atoms with Gasteiger partial charge in [-0.05, 0) is 60.0 Å². The second kappa shape index (κ2) is 8.94. The zero-order valence-corrected chi connectivity index (χ0v) is 17.6. The fourth-order valence-corrected chi connectivity index (χ4v) is 4.64. The highest BCUT2D eigenvalue weighted by Crippen LogP contribution is 2.22. The molecule has 31 heavy (non-hydrogen) atoms. The van der Waals surface area contributed by atoms with Crippen LogP contribution in [0.1, 0.15) is 10.4 Å². The topological polar surface area (TPSA) is 110 Å². The van der Waals surface area contributed by atoms with E-state index in [1.165, 1.54) is 12.1 Å². The summed E-state index contributed by atoms with van der Waals surface area (Å²) in [6, 6.07) is 18.1. The molecular weight excluding hydrogens is 436 g/mol. The quantitative estimate of drug-likeness (QED) is 0.430. The average Bonchev–Trinajstić information content (AvgIpc) is 3.32. The van der Waals surface area contributed by atoms with Crippen molar-refractivity contribution < 1.29 is 17.9 Å². The number of thiophene rings is 1. The number of amides is 1. The van der Waals surface area contributed by atoms with Crippen LogP contribution in [0.3, 0.4) is 0 Å². The van der Waals surface area contributed by atoms with Gasteiger partial charge in [0.25, 0.3) is 15.9 Å². The molecule has 0 spiro atoms. The summed E-state index contributed by atoms with van der Waals surface area (Å²) in [5, 5.41) is 4.45. The van der Waals surface area contributed by atoms with Gasteiger partial charge in [-0.15, -0.1) is 11.3 Å². The van der Waals surface area contributed by atoms with E-state index < -0.39 is 10.0 Å². The Hall–Kier alpha value is -3.76. The lowest BCUT2D eigenvalue weighted by Gasteiger charge is -2.09. The number of nitrogens with zero attached hydrogens (tertiary/aromatic N) is 2. The summed E-state index contributed by atoms with van der Waals surface area (Å²) in [6.07, 6.45) is 3.15. The molecule has 1 amide bonds. The Labute approximate surface area is 182 Å². The second-order valence-corrected chi connectivity index (χ2v) is 9.09. The number of hydrogen-bond donors (Lipinski definition) is 2. The number of carbonyl (C=O) groups is 1. The number of benzene rings is 2. The van der Waals surface area contributed by atoms with E-state index in [1.807, 2.05) is 0 Å². The minimum absolute atomic E-state index is 0.200. The molecule has 0 atom stereocenters. The highest BCUT2D eigenvalue weighted by Gasteiger charge is 2.16.